The fraction of sp³-hybridized carbons (Fsp3) is 0. The largest absolute Gasteiger partial charge is 0.504 e. The summed E-state index contributed by atoms with van der Waals surface area (Å²) >= 11 is 0. The number of hydrogen-bond donors (Lipinski definition) is 3. The second kappa shape index (κ2) is 2.49. The van der Waals surface area contributed by atoms with Gasteiger partial charge in [-0.3, -0.25) is 4.79 Å². The van der Waals surface area contributed by atoms with E-state index in [1.165, 1.54) is 12.1 Å². The van der Waals surface area contributed by atoms with Crippen LogP contribution in [-0.2, 0) is 0 Å². The molecule has 11 heavy (non-hydrogen) atoms. The Kier molecular flexibility index (Phi) is 1.68. The van der Waals surface area contributed by atoms with Crippen LogP contribution in [0.4, 0.5) is 5.69 Å². The maximum atomic E-state index is 10.2. The number of anilines is 1. The molecule has 0 radical (unpaired) electrons. The minimum Gasteiger partial charge on any atom is -0.504 e. The summed E-state index contributed by atoms with van der Waals surface area (Å²) in [6, 6.07) is 2.45. The third-order valence-electron chi connectivity index (χ3n) is 1.27. The Balaban J connectivity index is 3.35. The van der Waals surface area contributed by atoms with E-state index in [9.17, 15) is 4.79 Å². The molecule has 0 fully saturated rings. The van der Waals surface area contributed by atoms with Crippen LogP contribution in [0.2, 0.25) is 0 Å². The normalized spacial score (nSPS) is 9.45. The van der Waals surface area contributed by atoms with Crippen LogP contribution in [0, 0.1) is 0 Å². The van der Waals surface area contributed by atoms with Crippen molar-refractivity contribution in [2.75, 3.05) is 5.73 Å². The Morgan fingerprint density at radius 3 is 2.55 bits per heavy atom. The van der Waals surface area contributed by atoms with Crippen LogP contribution in [0.3, 0.4) is 0 Å². The second-order valence-electron chi connectivity index (χ2n) is 2.10. The number of benzene rings is 1. The lowest BCUT2D eigenvalue weighted by Crippen LogP contribution is -1.88. The van der Waals surface area contributed by atoms with Crippen LogP contribution < -0.4 is 5.73 Å². The number of carbonyl (C=O) groups excluding carboxylic acids is 1. The van der Waals surface area contributed by atoms with E-state index in [4.69, 9.17) is 15.9 Å². The summed E-state index contributed by atoms with van der Waals surface area (Å²) in [6.45, 7) is 0. The van der Waals surface area contributed by atoms with Crippen molar-refractivity contribution in [2.45, 2.75) is 0 Å². The van der Waals surface area contributed by atoms with Gasteiger partial charge in [0.2, 0.25) is 0 Å². The van der Waals surface area contributed by atoms with E-state index in [0.29, 0.717) is 6.29 Å². The first-order valence-corrected chi connectivity index (χ1v) is 2.91. The third kappa shape index (κ3) is 1.24. The topological polar surface area (TPSA) is 83.6 Å². The molecule has 0 atom stereocenters. The summed E-state index contributed by atoms with van der Waals surface area (Å²) in [7, 11) is 0. The molecule has 0 unspecified atom stereocenters. The Bertz CT molecular complexity index is 296. The number of hydrogen-bond acceptors (Lipinski definition) is 4. The van der Waals surface area contributed by atoms with E-state index < -0.39 is 5.75 Å². The van der Waals surface area contributed by atoms with Gasteiger partial charge in [-0.05, 0) is 6.07 Å². The zero-order chi connectivity index (χ0) is 8.43. The number of nitrogen functional groups attached to an aromatic ring is 1. The number of aromatic hydroxyl groups is 2. The lowest BCUT2D eigenvalue weighted by molar-refractivity contribution is 0.112. The van der Waals surface area contributed by atoms with E-state index in [-0.39, 0.29) is 17.0 Å². The van der Waals surface area contributed by atoms with E-state index in [0.717, 1.165) is 0 Å². The quantitative estimate of drug-likeness (QED) is 0.237. The molecule has 0 saturated heterocycles. The van der Waals surface area contributed by atoms with E-state index in [2.05, 4.69) is 0 Å². The highest BCUT2D eigenvalue weighted by Gasteiger charge is 2.05. The molecule has 4 N–H and O–H groups in total. The smallest absolute Gasteiger partial charge is 0.168 e. The summed E-state index contributed by atoms with van der Waals surface area (Å²) in [5.74, 6) is -0.818. The van der Waals surface area contributed by atoms with Gasteiger partial charge in [0.05, 0.1) is 5.56 Å². The average molecular weight is 153 g/mol. The minimum atomic E-state index is -0.436. The first kappa shape index (κ1) is 7.40. The van der Waals surface area contributed by atoms with E-state index in [1.54, 1.807) is 0 Å². The zero-order valence-electron chi connectivity index (χ0n) is 5.61. The highest BCUT2D eigenvalue weighted by atomic mass is 16.3. The molecule has 1 rings (SSSR count). The fourth-order valence-electron chi connectivity index (χ4n) is 0.754. The van der Waals surface area contributed by atoms with Gasteiger partial charge in [0.1, 0.15) is 0 Å². The molecule has 0 amide bonds. The van der Waals surface area contributed by atoms with E-state index >= 15 is 0 Å². The van der Waals surface area contributed by atoms with Crippen molar-refractivity contribution in [3.63, 3.8) is 0 Å². The van der Waals surface area contributed by atoms with Crippen LogP contribution >= 0.6 is 0 Å². The van der Waals surface area contributed by atoms with Crippen LogP contribution in [0.1, 0.15) is 10.4 Å². The number of aldehydes is 1. The average Bonchev–Trinajstić information content (AvgIpc) is 1.96. The molecule has 1 aromatic carbocycles. The van der Waals surface area contributed by atoms with Gasteiger partial charge in [0, 0.05) is 11.8 Å². The van der Waals surface area contributed by atoms with Gasteiger partial charge in [-0.25, -0.2) is 0 Å². The molecule has 0 bridgehead atoms. The molecule has 0 aliphatic rings. The predicted molar refractivity (Wildman–Crippen MR) is 39.6 cm³/mol. The molecular weight excluding hydrogens is 146 g/mol. The van der Waals surface area contributed by atoms with Crippen molar-refractivity contribution < 1.29 is 15.0 Å². The molecule has 0 saturated carbocycles. The standard InChI is InChI=1S/C7H7NO3/c8-5-1-4(3-9)7(11)6(10)2-5/h1-3,10-11H,8H2. The van der Waals surface area contributed by atoms with Gasteiger partial charge in [-0.1, -0.05) is 0 Å². The monoisotopic (exact) mass is 153 g/mol. The number of phenolic OH excluding ortho intramolecular Hbond substituents is 2. The molecule has 0 heterocycles. The molecule has 4 nitrogen and oxygen atoms in total. The van der Waals surface area contributed by atoms with Crippen molar-refractivity contribution in [1.29, 1.82) is 0 Å². The number of carbonyl (C=O) groups is 1. The van der Waals surface area contributed by atoms with Gasteiger partial charge in [-0.2, -0.15) is 0 Å². The summed E-state index contributed by atoms with van der Waals surface area (Å²) in [6.07, 6.45) is 0.422. The molecule has 0 aromatic heterocycles. The zero-order valence-corrected chi connectivity index (χ0v) is 5.61. The van der Waals surface area contributed by atoms with Gasteiger partial charge < -0.3 is 15.9 Å². The molecule has 1 aromatic rings. The highest BCUT2D eigenvalue weighted by Crippen LogP contribution is 2.29. The summed E-state index contributed by atoms with van der Waals surface area (Å²) < 4.78 is 0. The van der Waals surface area contributed by atoms with Gasteiger partial charge in [0.25, 0.3) is 0 Å². The first-order valence-electron chi connectivity index (χ1n) is 2.91. The Hall–Kier alpha value is -1.71. The number of nitrogens with two attached hydrogens (primary N) is 1. The number of rotatable bonds is 1. The van der Waals surface area contributed by atoms with E-state index in [1.807, 2.05) is 0 Å². The third-order valence-corrected chi connectivity index (χ3v) is 1.27. The second-order valence-corrected chi connectivity index (χ2v) is 2.10. The van der Waals surface area contributed by atoms with Gasteiger partial charge >= 0.3 is 0 Å². The fourth-order valence-corrected chi connectivity index (χ4v) is 0.754. The van der Waals surface area contributed by atoms with Crippen molar-refractivity contribution in [1.82, 2.24) is 0 Å². The van der Waals surface area contributed by atoms with Gasteiger partial charge in [-0.15, -0.1) is 0 Å². The summed E-state index contributed by atoms with van der Waals surface area (Å²) in [4.78, 5) is 10.2. The van der Waals surface area contributed by atoms with Crippen molar-refractivity contribution in [2.24, 2.45) is 0 Å². The van der Waals surface area contributed by atoms with Crippen LogP contribution in [-0.4, -0.2) is 16.5 Å². The summed E-state index contributed by atoms with van der Waals surface area (Å²) in [5, 5.41) is 17.9. The van der Waals surface area contributed by atoms with Crippen molar-refractivity contribution in [3.8, 4) is 11.5 Å². The van der Waals surface area contributed by atoms with Crippen LogP contribution in [0.25, 0.3) is 0 Å². The molecule has 0 aliphatic heterocycles. The maximum absolute atomic E-state index is 10.2. The number of phenols is 2. The van der Waals surface area contributed by atoms with Crippen molar-refractivity contribution >= 4 is 12.0 Å². The minimum absolute atomic E-state index is 0.0116. The maximum Gasteiger partial charge on any atom is 0.168 e. The predicted octanol–water partition coefficient (Wildman–Crippen LogP) is 0.492. The van der Waals surface area contributed by atoms with Crippen LogP contribution in [0.15, 0.2) is 12.1 Å². The molecule has 0 aliphatic carbocycles. The summed E-state index contributed by atoms with van der Waals surface area (Å²) in [5.41, 5.74) is 5.50. The van der Waals surface area contributed by atoms with Gasteiger partial charge in [0.15, 0.2) is 17.8 Å². The highest BCUT2D eigenvalue weighted by molar-refractivity contribution is 5.83. The van der Waals surface area contributed by atoms with Crippen molar-refractivity contribution in [3.05, 3.63) is 17.7 Å². The lowest BCUT2D eigenvalue weighted by Gasteiger charge is -2.00. The van der Waals surface area contributed by atoms with Crippen LogP contribution in [0.5, 0.6) is 11.5 Å². The molecular formula is C7H7NO3. The first-order chi connectivity index (χ1) is 5.15. The lowest BCUT2D eigenvalue weighted by atomic mass is 10.2. The Labute approximate surface area is 62.9 Å². The molecule has 58 valence electrons. The Morgan fingerprint density at radius 1 is 1.36 bits per heavy atom. The molecule has 0 spiro atoms. The molecule has 4 heteroatoms. The Morgan fingerprint density at radius 2 is 2.00 bits per heavy atom. The SMILES string of the molecule is Nc1cc(O)c(O)c(C=O)c1.